The molecular weight excluding hydrogens is 224 g/mol. The fourth-order valence-electron chi connectivity index (χ4n) is 2.49. The van der Waals surface area contributed by atoms with E-state index in [4.69, 9.17) is 4.74 Å². The zero-order chi connectivity index (χ0) is 12.6. The monoisotopic (exact) mass is 238 g/mol. The quantitative estimate of drug-likeness (QED) is 0.815. The van der Waals surface area contributed by atoms with E-state index in [0.29, 0.717) is 5.75 Å². The van der Waals surface area contributed by atoms with Crippen LogP contribution in [0.1, 0.15) is 11.1 Å². The zero-order valence-corrected chi connectivity index (χ0v) is 9.91. The van der Waals surface area contributed by atoms with Crippen molar-refractivity contribution >= 4 is 0 Å². The summed E-state index contributed by atoms with van der Waals surface area (Å²) in [5.41, 5.74) is 0.459. The maximum Gasteiger partial charge on any atom is 0.158 e. The summed E-state index contributed by atoms with van der Waals surface area (Å²) in [6.07, 6.45) is 1.18. The van der Waals surface area contributed by atoms with Gasteiger partial charge in [-0.2, -0.15) is 0 Å². The fourth-order valence-corrected chi connectivity index (χ4v) is 2.49. The molecule has 0 saturated carbocycles. The Hall–Kier alpha value is -2.06. The molecular formula is C16H14O2. The van der Waals surface area contributed by atoms with Crippen LogP contribution in [0.4, 0.5) is 0 Å². The molecule has 2 atom stereocenters. The molecule has 1 heterocycles. The summed E-state index contributed by atoms with van der Waals surface area (Å²) in [5.74, 6) is 0.716. The predicted octanol–water partition coefficient (Wildman–Crippen LogP) is 2.87. The van der Waals surface area contributed by atoms with Crippen molar-refractivity contribution in [2.45, 2.75) is 11.7 Å². The van der Waals surface area contributed by atoms with Gasteiger partial charge in [0.2, 0.25) is 0 Å². The second-order valence-corrected chi connectivity index (χ2v) is 4.40. The summed E-state index contributed by atoms with van der Waals surface area (Å²) in [7, 11) is 0. The average molecular weight is 238 g/mol. The highest BCUT2D eigenvalue weighted by molar-refractivity contribution is 5.50. The van der Waals surface area contributed by atoms with Crippen LogP contribution < -0.4 is 4.74 Å². The van der Waals surface area contributed by atoms with E-state index in [1.165, 1.54) is 0 Å². The number of rotatable bonds is 2. The Morgan fingerprint density at radius 2 is 1.72 bits per heavy atom. The first kappa shape index (κ1) is 11.1. The lowest BCUT2D eigenvalue weighted by atomic mass is 9.83. The van der Waals surface area contributed by atoms with E-state index in [1.54, 1.807) is 6.08 Å². The van der Waals surface area contributed by atoms with E-state index < -0.39 is 11.7 Å². The lowest BCUT2D eigenvalue weighted by molar-refractivity contribution is 0.0185. The third-order valence-electron chi connectivity index (χ3n) is 3.39. The van der Waals surface area contributed by atoms with Crippen LogP contribution in [0.2, 0.25) is 0 Å². The summed E-state index contributed by atoms with van der Waals surface area (Å²) in [6.45, 7) is 3.76. The van der Waals surface area contributed by atoms with Crippen molar-refractivity contribution in [3.8, 4) is 5.75 Å². The molecule has 2 aromatic carbocycles. The molecule has 2 heteroatoms. The lowest BCUT2D eigenvalue weighted by Gasteiger charge is -2.27. The second kappa shape index (κ2) is 4.00. The first-order valence-electron chi connectivity index (χ1n) is 5.93. The fraction of sp³-hybridized carbons (Fsp3) is 0.125. The SMILES string of the molecule is C=CC1Oc2ccccc2C1(O)c1ccccc1. The average Bonchev–Trinajstić information content (AvgIpc) is 2.74. The van der Waals surface area contributed by atoms with Crippen LogP contribution in [0.25, 0.3) is 0 Å². The Balaban J connectivity index is 2.22. The molecule has 1 aliphatic heterocycles. The van der Waals surface area contributed by atoms with Gasteiger partial charge in [0.1, 0.15) is 5.75 Å². The standard InChI is InChI=1S/C16H14O2/c1-2-15-16(17,12-8-4-3-5-9-12)13-10-6-7-11-14(13)18-15/h2-11,15,17H,1H2. The van der Waals surface area contributed by atoms with E-state index in [0.717, 1.165) is 11.1 Å². The molecule has 2 nitrogen and oxygen atoms in total. The molecule has 0 aliphatic carbocycles. The third-order valence-corrected chi connectivity index (χ3v) is 3.39. The highest BCUT2D eigenvalue weighted by Gasteiger charge is 2.47. The van der Waals surface area contributed by atoms with Crippen molar-refractivity contribution in [3.63, 3.8) is 0 Å². The summed E-state index contributed by atoms with van der Waals surface area (Å²) in [6, 6.07) is 17.1. The van der Waals surface area contributed by atoms with Gasteiger partial charge in [-0.3, -0.25) is 0 Å². The number of para-hydroxylation sites is 1. The predicted molar refractivity (Wildman–Crippen MR) is 70.5 cm³/mol. The third kappa shape index (κ3) is 1.39. The summed E-state index contributed by atoms with van der Waals surface area (Å²) >= 11 is 0. The molecule has 2 aromatic rings. The number of hydrogen-bond donors (Lipinski definition) is 1. The highest BCUT2D eigenvalue weighted by Crippen LogP contribution is 2.45. The molecule has 3 rings (SSSR count). The second-order valence-electron chi connectivity index (χ2n) is 4.40. The highest BCUT2D eigenvalue weighted by atomic mass is 16.5. The first-order valence-corrected chi connectivity index (χ1v) is 5.93. The zero-order valence-electron chi connectivity index (χ0n) is 9.91. The van der Waals surface area contributed by atoms with E-state index in [2.05, 4.69) is 6.58 Å². The molecule has 1 aliphatic rings. The van der Waals surface area contributed by atoms with Gasteiger partial charge in [0.15, 0.2) is 11.7 Å². The van der Waals surface area contributed by atoms with Gasteiger partial charge in [-0.05, 0) is 17.7 Å². The maximum absolute atomic E-state index is 11.1. The Morgan fingerprint density at radius 1 is 1.06 bits per heavy atom. The van der Waals surface area contributed by atoms with Crippen molar-refractivity contribution in [2.75, 3.05) is 0 Å². The minimum Gasteiger partial charge on any atom is -0.482 e. The Kier molecular flexibility index (Phi) is 2.46. The van der Waals surface area contributed by atoms with Gasteiger partial charge in [-0.1, -0.05) is 55.1 Å². The van der Waals surface area contributed by atoms with Crippen LogP contribution in [0.5, 0.6) is 5.75 Å². The minimum absolute atomic E-state index is 0.461. The van der Waals surface area contributed by atoms with Gasteiger partial charge < -0.3 is 9.84 Å². The van der Waals surface area contributed by atoms with Gasteiger partial charge in [0.05, 0.1) is 0 Å². The van der Waals surface area contributed by atoms with Crippen molar-refractivity contribution in [3.05, 3.63) is 78.4 Å². The van der Waals surface area contributed by atoms with Crippen LogP contribution in [0, 0.1) is 0 Å². The van der Waals surface area contributed by atoms with Crippen LogP contribution in [-0.4, -0.2) is 11.2 Å². The van der Waals surface area contributed by atoms with Gasteiger partial charge in [0.25, 0.3) is 0 Å². The summed E-state index contributed by atoms with van der Waals surface area (Å²) in [5, 5.41) is 11.1. The molecule has 0 aromatic heterocycles. The van der Waals surface area contributed by atoms with Crippen LogP contribution >= 0.6 is 0 Å². The largest absolute Gasteiger partial charge is 0.482 e. The first-order chi connectivity index (χ1) is 8.76. The van der Waals surface area contributed by atoms with E-state index in [9.17, 15) is 5.11 Å². The minimum atomic E-state index is -1.15. The molecule has 0 amide bonds. The van der Waals surface area contributed by atoms with E-state index in [1.807, 2.05) is 54.6 Å². The summed E-state index contributed by atoms with van der Waals surface area (Å²) < 4.78 is 5.76. The molecule has 0 bridgehead atoms. The van der Waals surface area contributed by atoms with E-state index in [-0.39, 0.29) is 0 Å². The van der Waals surface area contributed by atoms with E-state index >= 15 is 0 Å². The number of fused-ring (bicyclic) bond motifs is 1. The van der Waals surface area contributed by atoms with Crippen LogP contribution in [-0.2, 0) is 5.60 Å². The maximum atomic E-state index is 11.1. The van der Waals surface area contributed by atoms with Crippen LogP contribution in [0.15, 0.2) is 67.3 Å². The molecule has 1 N–H and O–H groups in total. The molecule has 0 saturated heterocycles. The van der Waals surface area contributed by atoms with Gasteiger partial charge in [-0.25, -0.2) is 0 Å². The summed E-state index contributed by atoms with van der Waals surface area (Å²) in [4.78, 5) is 0. The Morgan fingerprint density at radius 3 is 2.44 bits per heavy atom. The van der Waals surface area contributed by atoms with Crippen molar-refractivity contribution in [1.82, 2.24) is 0 Å². The van der Waals surface area contributed by atoms with Gasteiger partial charge in [-0.15, -0.1) is 0 Å². The molecule has 90 valence electrons. The number of ether oxygens (including phenoxy) is 1. The molecule has 18 heavy (non-hydrogen) atoms. The topological polar surface area (TPSA) is 29.5 Å². The number of hydrogen-bond acceptors (Lipinski definition) is 2. The lowest BCUT2D eigenvalue weighted by Crippen LogP contribution is -2.37. The van der Waals surface area contributed by atoms with Crippen LogP contribution in [0.3, 0.4) is 0 Å². The molecule has 0 radical (unpaired) electrons. The number of aliphatic hydroxyl groups is 1. The normalized spacial score (nSPS) is 25.3. The molecule has 2 unspecified atom stereocenters. The smallest absolute Gasteiger partial charge is 0.158 e. The van der Waals surface area contributed by atoms with Gasteiger partial charge >= 0.3 is 0 Å². The molecule has 0 spiro atoms. The van der Waals surface area contributed by atoms with Gasteiger partial charge in [0, 0.05) is 5.56 Å². The Labute approximate surface area is 106 Å². The Bertz CT molecular complexity index is 577. The van der Waals surface area contributed by atoms with Crippen molar-refractivity contribution < 1.29 is 9.84 Å². The molecule has 0 fully saturated rings. The van der Waals surface area contributed by atoms with Crippen molar-refractivity contribution in [1.29, 1.82) is 0 Å². The van der Waals surface area contributed by atoms with Crippen molar-refractivity contribution in [2.24, 2.45) is 0 Å². The number of benzene rings is 2.